The zero-order chi connectivity index (χ0) is 25.3. The normalized spacial score (nSPS) is 25.1. The van der Waals surface area contributed by atoms with Crippen LogP contribution in [0.4, 0.5) is 4.79 Å². The highest BCUT2D eigenvalue weighted by Gasteiger charge is 2.51. The van der Waals surface area contributed by atoms with E-state index in [1.807, 2.05) is 41.8 Å². The lowest BCUT2D eigenvalue weighted by atomic mass is 9.85. The molecule has 5 rings (SSSR count). The number of carbonyl (C=O) groups is 2. The first kappa shape index (κ1) is 25.3. The number of hydrogen-bond donors (Lipinski definition) is 0. The van der Waals surface area contributed by atoms with Crippen LogP contribution >= 0.6 is 0 Å². The van der Waals surface area contributed by atoms with Gasteiger partial charge in [-0.3, -0.25) is 14.6 Å². The van der Waals surface area contributed by atoms with Gasteiger partial charge in [0.1, 0.15) is 0 Å². The molecule has 1 saturated carbocycles. The summed E-state index contributed by atoms with van der Waals surface area (Å²) >= 11 is 0. The van der Waals surface area contributed by atoms with Crippen molar-refractivity contribution in [1.29, 1.82) is 0 Å². The Kier molecular flexibility index (Phi) is 7.43. The minimum atomic E-state index is -0.448. The van der Waals surface area contributed by atoms with Crippen molar-refractivity contribution in [2.75, 3.05) is 32.7 Å². The van der Waals surface area contributed by atoms with Crippen LogP contribution < -0.4 is 0 Å². The Hall–Kier alpha value is -2.34. The fourth-order valence-electron chi connectivity index (χ4n) is 7.19. The van der Waals surface area contributed by atoms with Gasteiger partial charge in [0.25, 0.3) is 5.91 Å². The first-order chi connectivity index (χ1) is 17.4. The SMILES string of the molecule is CC=C1N(CC2CCCCC2)C(=O)OC12CCN(C1CCN(C(=O)c3c(C)cccc3C)CC1)CC2. The third-order valence-electron chi connectivity index (χ3n) is 9.27. The molecule has 0 unspecified atom stereocenters. The minimum Gasteiger partial charge on any atom is -0.436 e. The van der Waals surface area contributed by atoms with Crippen molar-refractivity contribution in [3.8, 4) is 0 Å². The maximum atomic E-state index is 13.2. The minimum absolute atomic E-state index is 0.138. The molecule has 0 radical (unpaired) electrons. The summed E-state index contributed by atoms with van der Waals surface area (Å²) in [5.74, 6) is 0.781. The number of piperidine rings is 2. The molecule has 6 nitrogen and oxygen atoms in total. The number of allylic oxidation sites excluding steroid dienone is 1. The number of hydrogen-bond acceptors (Lipinski definition) is 4. The molecule has 1 aromatic carbocycles. The van der Waals surface area contributed by atoms with Crippen LogP contribution in [-0.4, -0.2) is 71.1 Å². The van der Waals surface area contributed by atoms with Gasteiger partial charge < -0.3 is 9.64 Å². The van der Waals surface area contributed by atoms with E-state index in [-0.39, 0.29) is 12.0 Å². The number of amides is 2. The molecule has 2 amide bonds. The second-order valence-corrected chi connectivity index (χ2v) is 11.5. The van der Waals surface area contributed by atoms with Gasteiger partial charge in [-0.05, 0) is 63.5 Å². The Labute approximate surface area is 216 Å². The molecular weight excluding hydrogens is 450 g/mol. The van der Waals surface area contributed by atoms with Crippen LogP contribution in [0.25, 0.3) is 0 Å². The lowest BCUT2D eigenvalue weighted by Crippen LogP contribution is -2.52. The predicted molar refractivity (Wildman–Crippen MR) is 142 cm³/mol. The van der Waals surface area contributed by atoms with Crippen LogP contribution in [0.2, 0.25) is 0 Å². The Balaban J connectivity index is 1.16. The van der Waals surface area contributed by atoms with Crippen molar-refractivity contribution in [3.63, 3.8) is 0 Å². The Morgan fingerprint density at radius 2 is 1.64 bits per heavy atom. The number of rotatable bonds is 4. The summed E-state index contributed by atoms with van der Waals surface area (Å²) in [6.45, 7) is 10.4. The molecule has 36 heavy (non-hydrogen) atoms. The molecule has 1 spiro atoms. The summed E-state index contributed by atoms with van der Waals surface area (Å²) < 4.78 is 6.14. The van der Waals surface area contributed by atoms with Crippen molar-refractivity contribution in [1.82, 2.24) is 14.7 Å². The predicted octanol–water partition coefficient (Wildman–Crippen LogP) is 5.68. The molecule has 3 saturated heterocycles. The molecule has 0 bridgehead atoms. The summed E-state index contributed by atoms with van der Waals surface area (Å²) in [5, 5.41) is 0. The second kappa shape index (κ2) is 10.6. The quantitative estimate of drug-likeness (QED) is 0.542. The topological polar surface area (TPSA) is 53.1 Å². The third kappa shape index (κ3) is 4.81. The number of carbonyl (C=O) groups excluding carboxylic acids is 2. The molecule has 6 heteroatoms. The van der Waals surface area contributed by atoms with E-state index in [9.17, 15) is 9.59 Å². The summed E-state index contributed by atoms with van der Waals surface area (Å²) in [4.78, 5) is 32.8. The van der Waals surface area contributed by atoms with Gasteiger partial charge in [-0.1, -0.05) is 43.5 Å². The average Bonchev–Trinajstić information content (AvgIpc) is 3.14. The summed E-state index contributed by atoms with van der Waals surface area (Å²) in [7, 11) is 0. The van der Waals surface area contributed by atoms with Gasteiger partial charge in [-0.2, -0.15) is 0 Å². The number of benzene rings is 1. The Morgan fingerprint density at radius 3 is 2.25 bits per heavy atom. The van der Waals surface area contributed by atoms with Gasteiger partial charge in [0, 0.05) is 57.2 Å². The highest BCUT2D eigenvalue weighted by atomic mass is 16.6. The molecule has 4 fully saturated rings. The fourth-order valence-corrected chi connectivity index (χ4v) is 7.19. The maximum Gasteiger partial charge on any atom is 0.415 e. The van der Waals surface area contributed by atoms with Crippen LogP contribution in [0.15, 0.2) is 30.0 Å². The molecule has 0 aromatic heterocycles. The van der Waals surface area contributed by atoms with E-state index >= 15 is 0 Å². The number of ether oxygens (including phenoxy) is 1. The van der Waals surface area contributed by atoms with E-state index in [0.717, 1.165) is 80.8 Å². The molecule has 4 aliphatic rings. The molecule has 1 aromatic rings. The molecule has 196 valence electrons. The van der Waals surface area contributed by atoms with Crippen molar-refractivity contribution in [2.24, 2.45) is 5.92 Å². The largest absolute Gasteiger partial charge is 0.436 e. The number of aryl methyl sites for hydroxylation is 2. The zero-order valence-electron chi connectivity index (χ0n) is 22.4. The average molecular weight is 494 g/mol. The molecule has 0 N–H and O–H groups in total. The van der Waals surface area contributed by atoms with Crippen LogP contribution in [0.3, 0.4) is 0 Å². The van der Waals surface area contributed by atoms with Crippen molar-refractivity contribution in [2.45, 2.75) is 90.2 Å². The number of likely N-dealkylation sites (tertiary alicyclic amines) is 2. The lowest BCUT2D eigenvalue weighted by molar-refractivity contribution is -0.00569. The monoisotopic (exact) mass is 493 g/mol. The van der Waals surface area contributed by atoms with Crippen molar-refractivity contribution >= 4 is 12.0 Å². The van der Waals surface area contributed by atoms with Gasteiger partial charge in [-0.15, -0.1) is 0 Å². The molecule has 0 atom stereocenters. The van der Waals surface area contributed by atoms with Crippen molar-refractivity contribution in [3.05, 3.63) is 46.7 Å². The van der Waals surface area contributed by atoms with Crippen LogP contribution in [0, 0.1) is 19.8 Å². The fraction of sp³-hybridized carbons (Fsp3) is 0.667. The van der Waals surface area contributed by atoms with Gasteiger partial charge in [0.2, 0.25) is 0 Å². The maximum absolute atomic E-state index is 13.2. The Bertz CT molecular complexity index is 976. The Morgan fingerprint density at radius 1 is 1.00 bits per heavy atom. The standard InChI is InChI=1S/C30H43N3O3/c1-4-26-30(36-29(35)33(26)21-24-11-6-5-7-12-24)15-19-31(20-16-30)25-13-17-32(18-14-25)28(34)27-22(2)9-8-10-23(27)3/h4,8-10,24-25H,5-7,11-21H2,1-3H3. The molecular formula is C30H43N3O3. The van der Waals surface area contributed by atoms with E-state index in [1.165, 1.54) is 32.1 Å². The first-order valence-electron chi connectivity index (χ1n) is 14.2. The highest BCUT2D eigenvalue weighted by molar-refractivity contribution is 5.97. The van der Waals surface area contributed by atoms with Crippen LogP contribution in [-0.2, 0) is 4.74 Å². The van der Waals surface area contributed by atoms with Gasteiger partial charge >= 0.3 is 6.09 Å². The number of nitrogens with zero attached hydrogens (tertiary/aromatic N) is 3. The molecule has 1 aliphatic carbocycles. The van der Waals surface area contributed by atoms with Crippen LogP contribution in [0.1, 0.15) is 86.2 Å². The van der Waals surface area contributed by atoms with E-state index < -0.39 is 5.60 Å². The van der Waals surface area contributed by atoms with Gasteiger partial charge in [0.05, 0.1) is 5.70 Å². The van der Waals surface area contributed by atoms with Crippen LogP contribution in [0.5, 0.6) is 0 Å². The first-order valence-corrected chi connectivity index (χ1v) is 14.2. The summed E-state index contributed by atoms with van der Waals surface area (Å²) in [5.41, 5.74) is 3.65. The molecule has 3 aliphatic heterocycles. The van der Waals surface area contributed by atoms with E-state index in [4.69, 9.17) is 4.74 Å². The van der Waals surface area contributed by atoms with E-state index in [2.05, 4.69) is 17.9 Å². The zero-order valence-corrected chi connectivity index (χ0v) is 22.4. The molecule has 3 heterocycles. The summed E-state index contributed by atoms with van der Waals surface area (Å²) in [6, 6.07) is 6.57. The van der Waals surface area contributed by atoms with Gasteiger partial charge in [0.15, 0.2) is 5.60 Å². The summed E-state index contributed by atoms with van der Waals surface area (Å²) in [6.07, 6.45) is 12.1. The smallest absolute Gasteiger partial charge is 0.415 e. The van der Waals surface area contributed by atoms with E-state index in [1.54, 1.807) is 0 Å². The van der Waals surface area contributed by atoms with Crippen molar-refractivity contribution < 1.29 is 14.3 Å². The lowest BCUT2D eigenvalue weighted by Gasteiger charge is -2.44. The third-order valence-corrected chi connectivity index (χ3v) is 9.27. The van der Waals surface area contributed by atoms with Gasteiger partial charge in [-0.25, -0.2) is 4.79 Å². The highest BCUT2D eigenvalue weighted by Crippen LogP contribution is 2.43. The second-order valence-electron chi connectivity index (χ2n) is 11.5. The van der Waals surface area contributed by atoms with E-state index in [0.29, 0.717) is 12.0 Å².